The van der Waals surface area contributed by atoms with Gasteiger partial charge in [-0.15, -0.1) is 0 Å². The Kier molecular flexibility index (Phi) is 5.78. The normalized spacial score (nSPS) is 11.7. The van der Waals surface area contributed by atoms with E-state index < -0.39 is 11.9 Å². The molecule has 6 nitrogen and oxygen atoms in total. The Morgan fingerprint density at radius 2 is 2.16 bits per heavy atom. The van der Waals surface area contributed by atoms with Crippen molar-refractivity contribution in [2.24, 2.45) is 5.73 Å². The van der Waals surface area contributed by atoms with Gasteiger partial charge in [0.2, 0.25) is 0 Å². The monoisotopic (exact) mass is 329 g/mol. The maximum absolute atomic E-state index is 11.3. The lowest BCUT2D eigenvalue weighted by molar-refractivity contribution is -0.121. The van der Waals surface area contributed by atoms with E-state index in [9.17, 15) is 9.59 Å². The number of carbonyl (C=O) groups is 2. The number of carbonyl (C=O) groups excluding carboxylic acids is 2. The van der Waals surface area contributed by atoms with Crippen molar-refractivity contribution in [2.75, 3.05) is 13.7 Å². The van der Waals surface area contributed by atoms with Gasteiger partial charge in [-0.3, -0.25) is 10.1 Å². The summed E-state index contributed by atoms with van der Waals surface area (Å²) in [6.07, 6.45) is 0. The Morgan fingerprint density at radius 1 is 1.47 bits per heavy atom. The van der Waals surface area contributed by atoms with Crippen LogP contribution in [0.5, 0.6) is 5.75 Å². The Balaban J connectivity index is 2.78. The molecule has 0 spiro atoms. The number of halogens is 1. The van der Waals surface area contributed by atoms with Crippen molar-refractivity contribution in [1.82, 2.24) is 10.6 Å². The zero-order chi connectivity index (χ0) is 14.4. The summed E-state index contributed by atoms with van der Waals surface area (Å²) >= 11 is 3.34. The van der Waals surface area contributed by atoms with Crippen LogP contribution in [0.25, 0.3) is 0 Å². The molecule has 1 aromatic carbocycles. The number of imide groups is 1. The number of hydrogen-bond donors (Lipinski definition) is 3. The van der Waals surface area contributed by atoms with Gasteiger partial charge in [0, 0.05) is 16.1 Å². The van der Waals surface area contributed by atoms with E-state index in [2.05, 4.69) is 21.2 Å². The highest BCUT2D eigenvalue weighted by molar-refractivity contribution is 9.10. The van der Waals surface area contributed by atoms with Crippen LogP contribution in [-0.4, -0.2) is 25.6 Å². The van der Waals surface area contributed by atoms with Gasteiger partial charge in [0.25, 0.3) is 5.91 Å². The van der Waals surface area contributed by atoms with Crippen molar-refractivity contribution < 1.29 is 14.3 Å². The molecule has 104 valence electrons. The zero-order valence-corrected chi connectivity index (χ0v) is 12.3. The summed E-state index contributed by atoms with van der Waals surface area (Å²) in [4.78, 5) is 21.8. The third-order valence-corrected chi connectivity index (χ3v) is 2.99. The number of nitrogens with one attached hydrogen (secondary N) is 2. The lowest BCUT2D eigenvalue weighted by Crippen LogP contribution is -2.38. The molecule has 0 heterocycles. The smallest absolute Gasteiger partial charge is 0.318 e. The molecule has 0 aliphatic carbocycles. The van der Waals surface area contributed by atoms with E-state index in [0.29, 0.717) is 5.75 Å². The average molecular weight is 330 g/mol. The van der Waals surface area contributed by atoms with E-state index >= 15 is 0 Å². The first-order valence-corrected chi connectivity index (χ1v) is 6.42. The van der Waals surface area contributed by atoms with E-state index in [0.717, 1.165) is 10.0 Å². The van der Waals surface area contributed by atoms with Crippen LogP contribution in [0.1, 0.15) is 18.5 Å². The molecule has 19 heavy (non-hydrogen) atoms. The summed E-state index contributed by atoms with van der Waals surface area (Å²) in [5.41, 5.74) is 5.76. The highest BCUT2D eigenvalue weighted by Crippen LogP contribution is 2.28. The van der Waals surface area contributed by atoms with Crippen LogP contribution in [0.15, 0.2) is 22.7 Å². The fraction of sp³-hybridized carbons (Fsp3) is 0.333. The number of ether oxygens (including phenoxy) is 1. The minimum absolute atomic E-state index is 0.0716. The molecule has 7 heteroatoms. The molecule has 0 aromatic heterocycles. The van der Waals surface area contributed by atoms with E-state index in [1.807, 2.05) is 31.4 Å². The van der Waals surface area contributed by atoms with Gasteiger partial charge < -0.3 is 15.8 Å². The molecule has 0 aliphatic rings. The first-order valence-electron chi connectivity index (χ1n) is 5.62. The largest absolute Gasteiger partial charge is 0.483 e. The molecule has 1 rings (SSSR count). The van der Waals surface area contributed by atoms with Gasteiger partial charge in [0.1, 0.15) is 5.75 Å². The molecular formula is C12H16BrN3O3. The lowest BCUT2D eigenvalue weighted by atomic mass is 10.1. The standard InChI is InChI=1S/C12H16BrN3O3/c1-7(15-2)9-4-3-8(13)5-10(9)19-6-11(17)16-12(14)18/h3-5,7,15H,6H2,1-2H3,(H3,14,16,17,18). The molecule has 0 fully saturated rings. The second-order valence-corrected chi connectivity index (χ2v) is 4.81. The van der Waals surface area contributed by atoms with Gasteiger partial charge in [-0.05, 0) is 26.1 Å². The molecule has 1 aromatic rings. The third-order valence-electron chi connectivity index (χ3n) is 2.50. The van der Waals surface area contributed by atoms with Crippen LogP contribution < -0.4 is 21.1 Å². The molecule has 3 amide bonds. The van der Waals surface area contributed by atoms with Crippen molar-refractivity contribution in [1.29, 1.82) is 0 Å². The molecule has 0 saturated carbocycles. The van der Waals surface area contributed by atoms with Crippen LogP contribution >= 0.6 is 15.9 Å². The molecule has 0 bridgehead atoms. The van der Waals surface area contributed by atoms with E-state index in [4.69, 9.17) is 10.5 Å². The summed E-state index contributed by atoms with van der Waals surface area (Å²) in [7, 11) is 1.83. The van der Waals surface area contributed by atoms with Crippen molar-refractivity contribution in [3.05, 3.63) is 28.2 Å². The lowest BCUT2D eigenvalue weighted by Gasteiger charge is -2.16. The van der Waals surface area contributed by atoms with Gasteiger partial charge in [-0.2, -0.15) is 0 Å². The highest BCUT2D eigenvalue weighted by atomic mass is 79.9. The molecule has 4 N–H and O–H groups in total. The van der Waals surface area contributed by atoms with Gasteiger partial charge >= 0.3 is 6.03 Å². The number of amides is 3. The minimum Gasteiger partial charge on any atom is -0.483 e. The Morgan fingerprint density at radius 3 is 2.74 bits per heavy atom. The predicted molar refractivity (Wildman–Crippen MR) is 74.8 cm³/mol. The van der Waals surface area contributed by atoms with Gasteiger partial charge in [0.05, 0.1) is 0 Å². The van der Waals surface area contributed by atoms with E-state index in [1.54, 1.807) is 6.07 Å². The average Bonchev–Trinajstić information content (AvgIpc) is 2.34. The maximum Gasteiger partial charge on any atom is 0.318 e. The van der Waals surface area contributed by atoms with Crippen LogP contribution in [0.4, 0.5) is 4.79 Å². The summed E-state index contributed by atoms with van der Waals surface area (Å²) in [6, 6.07) is 4.72. The number of rotatable bonds is 5. The number of primary amides is 1. The topological polar surface area (TPSA) is 93.4 Å². The second kappa shape index (κ2) is 7.10. The molecule has 0 radical (unpaired) electrons. The Hall–Kier alpha value is -1.60. The van der Waals surface area contributed by atoms with E-state index in [-0.39, 0.29) is 12.6 Å². The van der Waals surface area contributed by atoms with Crippen LogP contribution in [-0.2, 0) is 4.79 Å². The van der Waals surface area contributed by atoms with Crippen molar-refractivity contribution >= 4 is 27.9 Å². The highest BCUT2D eigenvalue weighted by Gasteiger charge is 2.12. The Labute approximate surface area is 119 Å². The third kappa shape index (κ3) is 4.88. The molecule has 0 aliphatic heterocycles. The van der Waals surface area contributed by atoms with Gasteiger partial charge in [-0.25, -0.2) is 4.79 Å². The molecular weight excluding hydrogens is 314 g/mol. The van der Waals surface area contributed by atoms with Crippen LogP contribution in [0.3, 0.4) is 0 Å². The van der Waals surface area contributed by atoms with Crippen molar-refractivity contribution in [2.45, 2.75) is 13.0 Å². The number of urea groups is 1. The predicted octanol–water partition coefficient (Wildman–Crippen LogP) is 1.30. The number of benzene rings is 1. The van der Waals surface area contributed by atoms with Crippen molar-refractivity contribution in [3.63, 3.8) is 0 Å². The van der Waals surface area contributed by atoms with Crippen molar-refractivity contribution in [3.8, 4) is 5.75 Å². The first-order chi connectivity index (χ1) is 8.93. The molecule has 0 saturated heterocycles. The molecule has 1 atom stereocenters. The van der Waals surface area contributed by atoms with E-state index in [1.165, 1.54) is 0 Å². The quantitative estimate of drug-likeness (QED) is 0.759. The molecule has 1 unspecified atom stereocenters. The minimum atomic E-state index is -0.897. The SMILES string of the molecule is CNC(C)c1ccc(Br)cc1OCC(=O)NC(N)=O. The zero-order valence-electron chi connectivity index (χ0n) is 10.7. The first kappa shape index (κ1) is 15.5. The van der Waals surface area contributed by atoms with Crippen LogP contribution in [0, 0.1) is 0 Å². The van der Waals surface area contributed by atoms with Crippen LogP contribution in [0.2, 0.25) is 0 Å². The number of nitrogens with two attached hydrogens (primary N) is 1. The number of hydrogen-bond acceptors (Lipinski definition) is 4. The van der Waals surface area contributed by atoms with Gasteiger partial charge in [0.15, 0.2) is 6.61 Å². The fourth-order valence-corrected chi connectivity index (χ4v) is 1.80. The summed E-state index contributed by atoms with van der Waals surface area (Å²) in [6.45, 7) is 1.70. The fourth-order valence-electron chi connectivity index (χ4n) is 1.46. The maximum atomic E-state index is 11.3. The summed E-state index contributed by atoms with van der Waals surface area (Å²) in [5.74, 6) is -0.0219. The Bertz CT molecular complexity index is 479. The summed E-state index contributed by atoms with van der Waals surface area (Å²) in [5, 5.41) is 5.03. The second-order valence-electron chi connectivity index (χ2n) is 3.89. The summed E-state index contributed by atoms with van der Waals surface area (Å²) < 4.78 is 6.25. The van der Waals surface area contributed by atoms with Gasteiger partial charge in [-0.1, -0.05) is 22.0 Å².